The predicted molar refractivity (Wildman–Crippen MR) is 56.2 cm³/mol. The van der Waals surface area contributed by atoms with Crippen LogP contribution in [0.25, 0.3) is 0 Å². The van der Waals surface area contributed by atoms with Gasteiger partial charge in [0.25, 0.3) is 0 Å². The van der Waals surface area contributed by atoms with Gasteiger partial charge in [-0.05, 0) is 29.5 Å². The third-order valence-corrected chi connectivity index (χ3v) is 2.34. The normalized spacial score (nSPS) is 10.4. The van der Waals surface area contributed by atoms with Crippen LogP contribution in [-0.2, 0) is 19.4 Å². The van der Waals surface area contributed by atoms with Crippen LogP contribution in [-0.4, -0.2) is 0 Å². The second-order valence-corrected chi connectivity index (χ2v) is 3.19. The minimum absolute atomic E-state index is 0.747. The Balaban J connectivity index is 2.91. The maximum Gasteiger partial charge on any atom is 0.0348 e. The van der Waals surface area contributed by atoms with Gasteiger partial charge in [0.2, 0.25) is 0 Å². The molecule has 1 aromatic rings. The standard InChI is InChI=1S/C11H18N2/c1-3-10-6-5-9(8-13-12)7-11(10)4-2/h5-7,13H,3-4,8,12H2,1-2H3. The van der Waals surface area contributed by atoms with E-state index in [4.69, 9.17) is 5.84 Å². The molecule has 0 aliphatic rings. The highest BCUT2D eigenvalue weighted by Gasteiger charge is 1.99. The summed E-state index contributed by atoms with van der Waals surface area (Å²) in [6.45, 7) is 5.13. The lowest BCUT2D eigenvalue weighted by Crippen LogP contribution is -2.20. The SMILES string of the molecule is CCc1ccc(CNN)cc1CC. The molecule has 2 nitrogen and oxygen atoms in total. The van der Waals surface area contributed by atoms with Crippen molar-refractivity contribution in [1.82, 2.24) is 5.43 Å². The molecule has 72 valence electrons. The van der Waals surface area contributed by atoms with Crippen LogP contribution in [0.3, 0.4) is 0 Å². The summed E-state index contributed by atoms with van der Waals surface area (Å²) in [5.41, 5.74) is 6.82. The Morgan fingerprint density at radius 1 is 1.15 bits per heavy atom. The summed E-state index contributed by atoms with van der Waals surface area (Å²) in [6.07, 6.45) is 2.21. The molecule has 0 unspecified atom stereocenters. The lowest BCUT2D eigenvalue weighted by Gasteiger charge is -2.08. The van der Waals surface area contributed by atoms with Crippen molar-refractivity contribution in [1.29, 1.82) is 0 Å². The van der Waals surface area contributed by atoms with Crippen LogP contribution in [0, 0.1) is 0 Å². The predicted octanol–water partition coefficient (Wildman–Crippen LogP) is 1.77. The largest absolute Gasteiger partial charge is 0.271 e. The monoisotopic (exact) mass is 178 g/mol. The smallest absolute Gasteiger partial charge is 0.0348 e. The fourth-order valence-electron chi connectivity index (χ4n) is 1.58. The summed E-state index contributed by atoms with van der Waals surface area (Å²) in [4.78, 5) is 0. The molecule has 13 heavy (non-hydrogen) atoms. The maximum absolute atomic E-state index is 5.27. The van der Waals surface area contributed by atoms with E-state index in [0.29, 0.717) is 0 Å². The second kappa shape index (κ2) is 5.00. The van der Waals surface area contributed by atoms with E-state index in [1.54, 1.807) is 0 Å². The Labute approximate surface area is 80.1 Å². The molecule has 0 aliphatic carbocycles. The average molecular weight is 178 g/mol. The van der Waals surface area contributed by atoms with Crippen LogP contribution in [0.4, 0.5) is 0 Å². The lowest BCUT2D eigenvalue weighted by molar-refractivity contribution is 0.739. The van der Waals surface area contributed by atoms with Gasteiger partial charge >= 0.3 is 0 Å². The highest BCUT2D eigenvalue weighted by Crippen LogP contribution is 2.13. The molecule has 0 bridgehead atoms. The molecular weight excluding hydrogens is 160 g/mol. The zero-order valence-corrected chi connectivity index (χ0v) is 8.43. The van der Waals surface area contributed by atoms with Gasteiger partial charge in [0.15, 0.2) is 0 Å². The molecule has 0 aliphatic heterocycles. The number of rotatable bonds is 4. The number of aryl methyl sites for hydroxylation is 2. The second-order valence-electron chi connectivity index (χ2n) is 3.19. The summed E-state index contributed by atoms with van der Waals surface area (Å²) >= 11 is 0. The van der Waals surface area contributed by atoms with Crippen molar-refractivity contribution >= 4 is 0 Å². The van der Waals surface area contributed by atoms with Crippen molar-refractivity contribution < 1.29 is 0 Å². The van der Waals surface area contributed by atoms with Gasteiger partial charge in [-0.25, -0.2) is 0 Å². The van der Waals surface area contributed by atoms with E-state index in [-0.39, 0.29) is 0 Å². The van der Waals surface area contributed by atoms with E-state index in [9.17, 15) is 0 Å². The van der Waals surface area contributed by atoms with Crippen molar-refractivity contribution in [3.63, 3.8) is 0 Å². The molecule has 3 N–H and O–H groups in total. The summed E-state index contributed by atoms with van der Waals surface area (Å²) < 4.78 is 0. The first-order valence-electron chi connectivity index (χ1n) is 4.86. The Morgan fingerprint density at radius 2 is 1.85 bits per heavy atom. The number of benzene rings is 1. The van der Waals surface area contributed by atoms with Gasteiger partial charge in [-0.15, -0.1) is 0 Å². The van der Waals surface area contributed by atoms with Crippen molar-refractivity contribution in [2.24, 2.45) is 5.84 Å². The van der Waals surface area contributed by atoms with Crippen LogP contribution in [0.5, 0.6) is 0 Å². The van der Waals surface area contributed by atoms with Gasteiger partial charge in [0.05, 0.1) is 0 Å². The van der Waals surface area contributed by atoms with E-state index in [1.165, 1.54) is 16.7 Å². The third kappa shape index (κ3) is 2.54. The molecule has 0 radical (unpaired) electrons. The molecule has 0 saturated heterocycles. The number of nitrogens with two attached hydrogens (primary N) is 1. The molecule has 2 heteroatoms. The number of hydrogen-bond acceptors (Lipinski definition) is 2. The quantitative estimate of drug-likeness (QED) is 0.545. The summed E-state index contributed by atoms with van der Waals surface area (Å²) in [7, 11) is 0. The van der Waals surface area contributed by atoms with Crippen molar-refractivity contribution in [2.45, 2.75) is 33.2 Å². The minimum atomic E-state index is 0.747. The van der Waals surface area contributed by atoms with Gasteiger partial charge in [-0.2, -0.15) is 0 Å². The summed E-state index contributed by atoms with van der Waals surface area (Å²) in [5.74, 6) is 5.27. The van der Waals surface area contributed by atoms with Gasteiger partial charge in [-0.1, -0.05) is 32.0 Å². The zero-order valence-electron chi connectivity index (χ0n) is 8.43. The first-order chi connectivity index (χ1) is 6.31. The molecular formula is C11H18N2. The van der Waals surface area contributed by atoms with Gasteiger partial charge < -0.3 is 0 Å². The fourth-order valence-corrected chi connectivity index (χ4v) is 1.58. The average Bonchev–Trinajstić information content (AvgIpc) is 2.18. The topological polar surface area (TPSA) is 38.0 Å². The lowest BCUT2D eigenvalue weighted by atomic mass is 10.0. The van der Waals surface area contributed by atoms with E-state index in [2.05, 4.69) is 37.5 Å². The van der Waals surface area contributed by atoms with Crippen molar-refractivity contribution in [3.05, 3.63) is 34.9 Å². The highest BCUT2D eigenvalue weighted by atomic mass is 15.2. The molecule has 1 rings (SSSR count). The van der Waals surface area contributed by atoms with Crippen LogP contribution in [0.1, 0.15) is 30.5 Å². The maximum atomic E-state index is 5.27. The first kappa shape index (κ1) is 10.2. The molecule has 0 saturated carbocycles. The molecule has 0 amide bonds. The van der Waals surface area contributed by atoms with E-state index in [1.807, 2.05) is 0 Å². The van der Waals surface area contributed by atoms with E-state index >= 15 is 0 Å². The first-order valence-corrected chi connectivity index (χ1v) is 4.86. The van der Waals surface area contributed by atoms with Gasteiger partial charge in [-0.3, -0.25) is 11.3 Å². The summed E-state index contributed by atoms with van der Waals surface area (Å²) in [6, 6.07) is 6.57. The minimum Gasteiger partial charge on any atom is -0.271 e. The third-order valence-electron chi connectivity index (χ3n) is 2.34. The van der Waals surface area contributed by atoms with Crippen LogP contribution < -0.4 is 11.3 Å². The molecule has 1 aromatic carbocycles. The summed E-state index contributed by atoms with van der Waals surface area (Å²) in [5, 5.41) is 0. The van der Waals surface area contributed by atoms with Gasteiger partial charge in [0.1, 0.15) is 0 Å². The Hall–Kier alpha value is -0.860. The van der Waals surface area contributed by atoms with Crippen LogP contribution >= 0.6 is 0 Å². The highest BCUT2D eigenvalue weighted by molar-refractivity contribution is 5.32. The number of nitrogens with one attached hydrogen (secondary N) is 1. The molecule has 0 spiro atoms. The number of hydrogen-bond donors (Lipinski definition) is 2. The fraction of sp³-hybridized carbons (Fsp3) is 0.455. The van der Waals surface area contributed by atoms with Crippen LogP contribution in [0.15, 0.2) is 18.2 Å². The Morgan fingerprint density at radius 3 is 2.38 bits per heavy atom. The molecule has 0 heterocycles. The Bertz CT molecular complexity index is 269. The van der Waals surface area contributed by atoms with E-state index < -0.39 is 0 Å². The molecule has 0 aromatic heterocycles. The Kier molecular flexibility index (Phi) is 3.93. The van der Waals surface area contributed by atoms with Crippen molar-refractivity contribution in [3.8, 4) is 0 Å². The van der Waals surface area contributed by atoms with Crippen LogP contribution in [0.2, 0.25) is 0 Å². The number of hydrazine groups is 1. The molecule has 0 fully saturated rings. The zero-order chi connectivity index (χ0) is 9.68. The van der Waals surface area contributed by atoms with Crippen molar-refractivity contribution in [2.75, 3.05) is 0 Å². The van der Waals surface area contributed by atoms with E-state index in [0.717, 1.165) is 19.4 Å². The van der Waals surface area contributed by atoms with Gasteiger partial charge in [0, 0.05) is 6.54 Å². The molecule has 0 atom stereocenters.